The van der Waals surface area contributed by atoms with E-state index < -0.39 is 145 Å². The van der Waals surface area contributed by atoms with E-state index in [-0.39, 0.29) is 48.5 Å². The van der Waals surface area contributed by atoms with Gasteiger partial charge < -0.3 is 8.83 Å². The third kappa shape index (κ3) is 7.56. The Hall–Kier alpha value is -4.62. The Bertz CT molecular complexity index is 2510. The van der Waals surface area contributed by atoms with Crippen molar-refractivity contribution in [3.8, 4) is 44.5 Å². The summed E-state index contributed by atoms with van der Waals surface area (Å²) in [6.45, 7) is 0. The van der Waals surface area contributed by atoms with Crippen LogP contribution in [0.25, 0.3) is 66.7 Å². The number of nitrogens with zero attached hydrogens (tertiary/aromatic N) is 2. The Labute approximate surface area is 338 Å². The highest BCUT2D eigenvalue weighted by molar-refractivity contribution is 14.1. The van der Waals surface area contributed by atoms with Gasteiger partial charge in [0.15, 0.2) is 11.2 Å². The second-order valence-corrected chi connectivity index (χ2v) is 14.1. The van der Waals surface area contributed by atoms with Crippen molar-refractivity contribution in [2.45, 2.75) is 24.7 Å². The van der Waals surface area contributed by atoms with Crippen LogP contribution in [0.15, 0.2) is 69.5 Å². The standard InChI is InChI=1S/C36H10F16I2N2O2/c37-17-7-19(23(21(39)9-17)11-1-13(33(41,42)43)5-14(2-11)34(44,45)46)25-27-30(58-31(53)55-27)26(28-29(25)57-32(54)56-28)20-8-18(38)10-22(40)24(20)12-3-15(35(47,48)49)6-16(4-12)36(50,51)52/h1-10H. The molecule has 0 unspecified atom stereocenters. The molecule has 5 aromatic carbocycles. The van der Waals surface area contributed by atoms with Crippen LogP contribution in [0.4, 0.5) is 70.2 Å². The molecule has 22 heteroatoms. The van der Waals surface area contributed by atoms with E-state index in [9.17, 15) is 52.7 Å². The molecule has 7 aromatic rings. The van der Waals surface area contributed by atoms with Crippen LogP contribution in [0.1, 0.15) is 22.3 Å². The van der Waals surface area contributed by atoms with E-state index in [1.165, 1.54) is 45.2 Å². The van der Waals surface area contributed by atoms with Gasteiger partial charge in [0, 0.05) is 79.6 Å². The van der Waals surface area contributed by atoms with Crippen LogP contribution in [-0.2, 0) is 24.7 Å². The Morgan fingerprint density at radius 1 is 0.397 bits per heavy atom. The minimum absolute atomic E-state index is 0.151. The normalized spacial score (nSPS) is 13.0. The van der Waals surface area contributed by atoms with Gasteiger partial charge in [-0.15, -0.1) is 0 Å². The fourth-order valence-corrected chi connectivity index (χ4v) is 7.23. The first-order chi connectivity index (χ1) is 26.7. The minimum atomic E-state index is -5.42. The molecule has 0 N–H and O–H groups in total. The number of benzene rings is 5. The van der Waals surface area contributed by atoms with Gasteiger partial charge in [-0.05, 0) is 59.7 Å². The van der Waals surface area contributed by atoms with Gasteiger partial charge in [0.1, 0.15) is 34.3 Å². The quantitative estimate of drug-likeness (QED) is 0.130. The molecule has 0 spiro atoms. The van der Waals surface area contributed by atoms with E-state index in [4.69, 9.17) is 8.83 Å². The summed E-state index contributed by atoms with van der Waals surface area (Å²) in [4.78, 5) is 8.25. The van der Waals surface area contributed by atoms with Crippen LogP contribution in [0, 0.1) is 31.1 Å². The molecule has 0 atom stereocenters. The molecule has 7 rings (SSSR count). The number of aromatic nitrogens is 2. The first-order valence-electron chi connectivity index (χ1n) is 15.4. The van der Waals surface area contributed by atoms with Crippen molar-refractivity contribution < 1.29 is 79.1 Å². The van der Waals surface area contributed by atoms with E-state index in [1.807, 2.05) is 0 Å². The van der Waals surface area contributed by atoms with Gasteiger partial charge in [0.05, 0.1) is 33.4 Å². The molecule has 302 valence electrons. The summed E-state index contributed by atoms with van der Waals surface area (Å²) in [5, 5.41) is 0. The summed E-state index contributed by atoms with van der Waals surface area (Å²) in [7, 11) is 0. The second-order valence-electron chi connectivity index (χ2n) is 12.2. The molecule has 0 saturated carbocycles. The number of hydrogen-bond donors (Lipinski definition) is 0. The molecule has 0 aliphatic rings. The Balaban J connectivity index is 1.63. The molecule has 0 fully saturated rings. The van der Waals surface area contributed by atoms with Crippen molar-refractivity contribution in [2.75, 3.05) is 0 Å². The zero-order chi connectivity index (χ0) is 42.6. The lowest BCUT2D eigenvalue weighted by molar-refractivity contribution is -0.144. The van der Waals surface area contributed by atoms with Crippen LogP contribution in [0.2, 0.25) is 0 Å². The number of halogens is 18. The van der Waals surface area contributed by atoms with Crippen molar-refractivity contribution in [3.05, 3.63) is 114 Å². The minimum Gasteiger partial charge on any atom is -0.431 e. The monoisotopic (exact) mass is 1060 g/mol. The van der Waals surface area contributed by atoms with Crippen LogP contribution in [-0.4, -0.2) is 9.97 Å². The molecule has 58 heavy (non-hydrogen) atoms. The molecule has 2 heterocycles. The van der Waals surface area contributed by atoms with Gasteiger partial charge in [-0.2, -0.15) is 52.7 Å². The average molecular weight is 1060 g/mol. The fourth-order valence-electron chi connectivity index (χ4n) is 6.31. The lowest BCUT2D eigenvalue weighted by Crippen LogP contribution is -2.11. The molecular formula is C36H10F16I2N2O2. The van der Waals surface area contributed by atoms with Gasteiger partial charge in [-0.25, -0.2) is 27.5 Å². The van der Waals surface area contributed by atoms with Gasteiger partial charge in [0.25, 0.3) is 7.79 Å². The van der Waals surface area contributed by atoms with E-state index in [2.05, 4.69) is 9.97 Å². The van der Waals surface area contributed by atoms with Crippen molar-refractivity contribution in [2.24, 2.45) is 0 Å². The van der Waals surface area contributed by atoms with Crippen LogP contribution in [0.3, 0.4) is 0 Å². The molecular weight excluding hydrogens is 1050 g/mol. The van der Waals surface area contributed by atoms with Gasteiger partial charge in [-0.1, -0.05) is 0 Å². The Morgan fingerprint density at radius 2 is 0.690 bits per heavy atom. The Morgan fingerprint density at radius 3 is 0.966 bits per heavy atom. The van der Waals surface area contributed by atoms with E-state index in [0.29, 0.717) is 12.1 Å². The summed E-state index contributed by atoms with van der Waals surface area (Å²) in [6.07, 6.45) is -21.7. The summed E-state index contributed by atoms with van der Waals surface area (Å²) in [5.74, 6) is -6.26. The zero-order valence-electron chi connectivity index (χ0n) is 27.3. The third-order valence-corrected chi connectivity index (χ3v) is 9.45. The van der Waals surface area contributed by atoms with E-state index in [0.717, 1.165) is 0 Å². The third-order valence-electron chi connectivity index (χ3n) is 8.53. The molecule has 2 aromatic heterocycles. The zero-order valence-corrected chi connectivity index (χ0v) is 31.6. The topological polar surface area (TPSA) is 52.1 Å². The first kappa shape index (κ1) is 41.5. The summed E-state index contributed by atoms with van der Waals surface area (Å²) >= 11 is 2.86. The molecule has 0 radical (unpaired) electrons. The van der Waals surface area contributed by atoms with Crippen molar-refractivity contribution in [1.82, 2.24) is 9.97 Å². The lowest BCUT2D eigenvalue weighted by Gasteiger charge is -2.19. The largest absolute Gasteiger partial charge is 0.431 e. The number of hydrogen-bond acceptors (Lipinski definition) is 4. The molecule has 4 nitrogen and oxygen atoms in total. The SMILES string of the molecule is Fc1cc(F)c(-c2cc(C(F)(F)F)cc(C(F)(F)F)c2)c(-c2c3nc(I)oc3c(-c3cc(F)cc(F)c3-c3cc(C(F)(F)F)cc(C(F)(F)F)c3)c3nc(I)oc23)c1. The molecule has 0 aliphatic carbocycles. The highest BCUT2D eigenvalue weighted by atomic mass is 127. The predicted molar refractivity (Wildman–Crippen MR) is 189 cm³/mol. The van der Waals surface area contributed by atoms with Crippen molar-refractivity contribution in [3.63, 3.8) is 0 Å². The van der Waals surface area contributed by atoms with Crippen molar-refractivity contribution >= 4 is 67.4 Å². The van der Waals surface area contributed by atoms with Crippen LogP contribution >= 0.6 is 45.2 Å². The lowest BCUT2D eigenvalue weighted by atomic mass is 9.87. The molecule has 0 bridgehead atoms. The fraction of sp³-hybridized carbons (Fsp3) is 0.111. The highest BCUT2D eigenvalue weighted by Crippen LogP contribution is 2.51. The second kappa shape index (κ2) is 14.0. The van der Waals surface area contributed by atoms with E-state index in [1.54, 1.807) is 0 Å². The van der Waals surface area contributed by atoms with Gasteiger partial charge in [0.2, 0.25) is 0 Å². The highest BCUT2D eigenvalue weighted by Gasteiger charge is 2.40. The number of oxazole rings is 2. The first-order valence-corrected chi connectivity index (χ1v) is 17.5. The van der Waals surface area contributed by atoms with Crippen LogP contribution < -0.4 is 0 Å². The molecule has 0 saturated heterocycles. The molecule has 0 amide bonds. The summed E-state index contributed by atoms with van der Waals surface area (Å²) < 4.78 is 240. The number of fused-ring (bicyclic) bond motifs is 2. The van der Waals surface area contributed by atoms with Gasteiger partial charge >= 0.3 is 24.7 Å². The molecule has 0 aliphatic heterocycles. The summed E-state index contributed by atoms with van der Waals surface area (Å²) in [5.41, 5.74) is -17.2. The van der Waals surface area contributed by atoms with E-state index >= 15 is 17.6 Å². The van der Waals surface area contributed by atoms with Crippen molar-refractivity contribution in [1.29, 1.82) is 0 Å². The maximum absolute atomic E-state index is 15.9. The maximum Gasteiger partial charge on any atom is 0.416 e. The maximum atomic E-state index is 15.9. The summed E-state index contributed by atoms with van der Waals surface area (Å²) in [6, 6.07) is 1.41. The van der Waals surface area contributed by atoms with Crippen LogP contribution in [0.5, 0.6) is 0 Å². The Kier molecular flexibility index (Phi) is 10.0. The van der Waals surface area contributed by atoms with Gasteiger partial charge in [-0.3, -0.25) is 0 Å². The smallest absolute Gasteiger partial charge is 0.416 e. The average Bonchev–Trinajstić information content (AvgIpc) is 3.65. The predicted octanol–water partition coefficient (Wildman–Crippen LogP) is 14.5. The number of rotatable bonds is 4. The number of alkyl halides is 12.